The molecule has 1 amide bonds. The van der Waals surface area contributed by atoms with Crippen molar-refractivity contribution in [3.8, 4) is 0 Å². The third kappa shape index (κ3) is 3.11. The van der Waals surface area contributed by atoms with Crippen molar-refractivity contribution in [2.75, 3.05) is 18.8 Å². The van der Waals surface area contributed by atoms with E-state index in [0.717, 1.165) is 25.9 Å². The Morgan fingerprint density at radius 2 is 2.12 bits per heavy atom. The molecule has 5 heteroatoms. The number of nitrogens with two attached hydrogens (primary N) is 1. The molecule has 0 bridgehead atoms. The number of halogens is 1. The average Bonchev–Trinajstić information content (AvgIpc) is 2.34. The van der Waals surface area contributed by atoms with Crippen LogP contribution in [0.15, 0.2) is 18.2 Å². The zero-order valence-corrected chi connectivity index (χ0v) is 10.3. The van der Waals surface area contributed by atoms with Gasteiger partial charge in [0.25, 0.3) is 5.91 Å². The van der Waals surface area contributed by atoms with Crippen LogP contribution in [0.4, 0.5) is 5.69 Å². The summed E-state index contributed by atoms with van der Waals surface area (Å²) in [6, 6.07) is 5.20. The third-order valence-electron chi connectivity index (χ3n) is 2.94. The molecule has 0 atom stereocenters. The van der Waals surface area contributed by atoms with Gasteiger partial charge in [-0.1, -0.05) is 11.6 Å². The molecule has 4 N–H and O–H groups in total. The topological polar surface area (TPSA) is 67.2 Å². The third-order valence-corrected chi connectivity index (χ3v) is 3.26. The van der Waals surface area contributed by atoms with Gasteiger partial charge in [0.1, 0.15) is 0 Å². The SMILES string of the molecule is Nc1ccc(C(=O)NC2CCNCC2)cc1Cl. The van der Waals surface area contributed by atoms with Gasteiger partial charge in [0.2, 0.25) is 0 Å². The molecule has 0 radical (unpaired) electrons. The summed E-state index contributed by atoms with van der Waals surface area (Å²) >= 11 is 5.89. The predicted molar refractivity (Wildman–Crippen MR) is 69.2 cm³/mol. The number of rotatable bonds is 2. The summed E-state index contributed by atoms with van der Waals surface area (Å²) in [6.45, 7) is 1.90. The zero-order valence-electron chi connectivity index (χ0n) is 9.50. The Hall–Kier alpha value is -1.26. The van der Waals surface area contributed by atoms with Crippen LogP contribution >= 0.6 is 11.6 Å². The molecule has 0 unspecified atom stereocenters. The number of carbonyl (C=O) groups excluding carboxylic acids is 1. The van der Waals surface area contributed by atoms with Crippen LogP contribution in [0.2, 0.25) is 5.02 Å². The second-order valence-corrected chi connectivity index (χ2v) is 4.64. The molecule has 2 rings (SSSR count). The van der Waals surface area contributed by atoms with Crippen LogP contribution in [0.1, 0.15) is 23.2 Å². The van der Waals surface area contributed by atoms with Crippen molar-refractivity contribution in [3.63, 3.8) is 0 Å². The summed E-state index contributed by atoms with van der Waals surface area (Å²) in [4.78, 5) is 11.9. The number of nitrogens with one attached hydrogen (secondary N) is 2. The van der Waals surface area contributed by atoms with E-state index in [2.05, 4.69) is 10.6 Å². The molecule has 0 saturated carbocycles. The van der Waals surface area contributed by atoms with Crippen LogP contribution in [0.25, 0.3) is 0 Å². The van der Waals surface area contributed by atoms with Crippen LogP contribution in [-0.2, 0) is 0 Å². The molecule has 0 aliphatic carbocycles. The molecule has 0 spiro atoms. The van der Waals surface area contributed by atoms with Gasteiger partial charge in [-0.05, 0) is 44.1 Å². The van der Waals surface area contributed by atoms with Crippen LogP contribution in [0.3, 0.4) is 0 Å². The lowest BCUT2D eigenvalue weighted by molar-refractivity contribution is 0.0929. The van der Waals surface area contributed by atoms with E-state index < -0.39 is 0 Å². The standard InChI is InChI=1S/C12H16ClN3O/c13-10-7-8(1-2-11(10)14)12(17)16-9-3-5-15-6-4-9/h1-2,7,9,15H,3-6,14H2,(H,16,17). The minimum Gasteiger partial charge on any atom is -0.398 e. The van der Waals surface area contributed by atoms with Crippen LogP contribution < -0.4 is 16.4 Å². The number of anilines is 1. The Morgan fingerprint density at radius 1 is 1.41 bits per heavy atom. The highest BCUT2D eigenvalue weighted by Gasteiger charge is 2.16. The van der Waals surface area contributed by atoms with Crippen molar-refractivity contribution in [2.24, 2.45) is 0 Å². The Labute approximate surface area is 106 Å². The lowest BCUT2D eigenvalue weighted by atomic mass is 10.1. The number of hydrogen-bond acceptors (Lipinski definition) is 3. The minimum atomic E-state index is -0.0844. The lowest BCUT2D eigenvalue weighted by Gasteiger charge is -2.23. The molecular formula is C12H16ClN3O. The molecule has 1 heterocycles. The first-order chi connectivity index (χ1) is 8.16. The van der Waals surface area contributed by atoms with E-state index in [1.54, 1.807) is 18.2 Å². The van der Waals surface area contributed by atoms with E-state index in [-0.39, 0.29) is 11.9 Å². The number of amides is 1. The molecular weight excluding hydrogens is 238 g/mol. The quantitative estimate of drug-likeness (QED) is 0.698. The maximum absolute atomic E-state index is 11.9. The summed E-state index contributed by atoms with van der Waals surface area (Å²) < 4.78 is 0. The molecule has 1 saturated heterocycles. The summed E-state index contributed by atoms with van der Waals surface area (Å²) in [6.07, 6.45) is 1.93. The highest BCUT2D eigenvalue weighted by atomic mass is 35.5. The molecule has 92 valence electrons. The Morgan fingerprint density at radius 3 is 2.76 bits per heavy atom. The van der Waals surface area contributed by atoms with E-state index in [4.69, 9.17) is 17.3 Å². The molecule has 1 aliphatic rings. The summed E-state index contributed by atoms with van der Waals surface area (Å²) in [5.74, 6) is -0.0844. The molecule has 0 aromatic heterocycles. The van der Waals surface area contributed by atoms with Gasteiger partial charge >= 0.3 is 0 Å². The zero-order chi connectivity index (χ0) is 12.3. The van der Waals surface area contributed by atoms with E-state index in [1.807, 2.05) is 0 Å². The predicted octanol–water partition coefficient (Wildman–Crippen LogP) is 1.40. The largest absolute Gasteiger partial charge is 0.398 e. The summed E-state index contributed by atoms with van der Waals surface area (Å²) in [5, 5.41) is 6.68. The fourth-order valence-electron chi connectivity index (χ4n) is 1.90. The van der Waals surface area contributed by atoms with Crippen molar-refractivity contribution in [1.82, 2.24) is 10.6 Å². The van der Waals surface area contributed by atoms with Gasteiger partial charge in [-0.15, -0.1) is 0 Å². The van der Waals surface area contributed by atoms with Crippen molar-refractivity contribution in [2.45, 2.75) is 18.9 Å². The normalized spacial score (nSPS) is 16.8. The van der Waals surface area contributed by atoms with Crippen molar-refractivity contribution in [1.29, 1.82) is 0 Å². The Balaban J connectivity index is 2.01. The highest BCUT2D eigenvalue weighted by Crippen LogP contribution is 2.19. The maximum Gasteiger partial charge on any atom is 0.251 e. The Kier molecular flexibility index (Phi) is 3.86. The van der Waals surface area contributed by atoms with Gasteiger partial charge in [-0.3, -0.25) is 4.79 Å². The molecule has 17 heavy (non-hydrogen) atoms. The van der Waals surface area contributed by atoms with Gasteiger partial charge < -0.3 is 16.4 Å². The molecule has 1 aromatic rings. The first-order valence-electron chi connectivity index (χ1n) is 5.73. The number of nitrogen functional groups attached to an aromatic ring is 1. The van der Waals surface area contributed by atoms with Crippen molar-refractivity contribution < 1.29 is 4.79 Å². The van der Waals surface area contributed by atoms with Crippen LogP contribution in [0, 0.1) is 0 Å². The monoisotopic (exact) mass is 253 g/mol. The van der Waals surface area contributed by atoms with Crippen LogP contribution in [-0.4, -0.2) is 25.0 Å². The second kappa shape index (κ2) is 5.38. The van der Waals surface area contributed by atoms with Crippen molar-refractivity contribution >= 4 is 23.2 Å². The number of carbonyl (C=O) groups is 1. The molecule has 1 fully saturated rings. The van der Waals surface area contributed by atoms with Gasteiger partial charge in [0.05, 0.1) is 10.7 Å². The molecule has 1 aliphatic heterocycles. The fraction of sp³-hybridized carbons (Fsp3) is 0.417. The number of hydrogen-bond donors (Lipinski definition) is 3. The van der Waals surface area contributed by atoms with Gasteiger partial charge in [0, 0.05) is 11.6 Å². The smallest absolute Gasteiger partial charge is 0.251 e. The summed E-state index contributed by atoms with van der Waals surface area (Å²) in [7, 11) is 0. The second-order valence-electron chi connectivity index (χ2n) is 4.23. The van der Waals surface area contributed by atoms with Gasteiger partial charge in [0.15, 0.2) is 0 Å². The number of piperidine rings is 1. The first-order valence-corrected chi connectivity index (χ1v) is 6.11. The highest BCUT2D eigenvalue weighted by molar-refractivity contribution is 6.33. The first kappa shape index (κ1) is 12.2. The molecule has 1 aromatic carbocycles. The minimum absolute atomic E-state index is 0.0844. The lowest BCUT2D eigenvalue weighted by Crippen LogP contribution is -2.42. The fourth-order valence-corrected chi connectivity index (χ4v) is 2.08. The van der Waals surface area contributed by atoms with E-state index >= 15 is 0 Å². The molecule has 4 nitrogen and oxygen atoms in total. The van der Waals surface area contributed by atoms with Gasteiger partial charge in [-0.2, -0.15) is 0 Å². The van der Waals surface area contributed by atoms with Crippen LogP contribution in [0.5, 0.6) is 0 Å². The number of benzene rings is 1. The average molecular weight is 254 g/mol. The van der Waals surface area contributed by atoms with Crippen molar-refractivity contribution in [3.05, 3.63) is 28.8 Å². The van der Waals surface area contributed by atoms with E-state index in [0.29, 0.717) is 16.3 Å². The van der Waals surface area contributed by atoms with E-state index in [1.165, 1.54) is 0 Å². The van der Waals surface area contributed by atoms with E-state index in [9.17, 15) is 4.79 Å². The Bertz CT molecular complexity index is 416. The summed E-state index contributed by atoms with van der Waals surface area (Å²) in [5.41, 5.74) is 6.65. The van der Waals surface area contributed by atoms with Gasteiger partial charge in [-0.25, -0.2) is 0 Å². The maximum atomic E-state index is 11.9.